The number of hydrogen-bond acceptors (Lipinski definition) is 7. The van der Waals surface area contributed by atoms with Crippen LogP contribution in [0.15, 0.2) is 15.7 Å². The van der Waals surface area contributed by atoms with Gasteiger partial charge in [-0.05, 0) is 19.4 Å². The SMILES string of the molecule is CCc1cc(-c2nnc(SCC(=O)OC)o2)n(CC)n1. The van der Waals surface area contributed by atoms with Crippen molar-refractivity contribution in [3.05, 3.63) is 11.8 Å². The first kappa shape index (κ1) is 14.6. The van der Waals surface area contributed by atoms with E-state index in [0.717, 1.165) is 36.1 Å². The molecule has 0 bridgehead atoms. The molecule has 108 valence electrons. The van der Waals surface area contributed by atoms with E-state index >= 15 is 0 Å². The third kappa shape index (κ3) is 3.19. The molecule has 0 radical (unpaired) electrons. The predicted octanol–water partition coefficient (Wildman–Crippen LogP) is 1.78. The molecule has 0 N–H and O–H groups in total. The van der Waals surface area contributed by atoms with E-state index < -0.39 is 0 Å². The topological polar surface area (TPSA) is 83.0 Å². The number of carbonyl (C=O) groups excluding carboxylic acids is 1. The van der Waals surface area contributed by atoms with Crippen molar-refractivity contribution < 1.29 is 13.9 Å². The normalized spacial score (nSPS) is 10.8. The van der Waals surface area contributed by atoms with Gasteiger partial charge in [0.05, 0.1) is 12.8 Å². The Balaban J connectivity index is 2.15. The van der Waals surface area contributed by atoms with Crippen LogP contribution >= 0.6 is 11.8 Å². The molecular formula is C12H16N4O3S. The van der Waals surface area contributed by atoms with Crippen LogP contribution in [-0.2, 0) is 22.5 Å². The summed E-state index contributed by atoms with van der Waals surface area (Å²) in [6.45, 7) is 4.76. The van der Waals surface area contributed by atoms with Gasteiger partial charge < -0.3 is 9.15 Å². The monoisotopic (exact) mass is 296 g/mol. The lowest BCUT2D eigenvalue weighted by molar-refractivity contribution is -0.137. The molecule has 0 saturated heterocycles. The fourth-order valence-corrected chi connectivity index (χ4v) is 2.20. The lowest BCUT2D eigenvalue weighted by atomic mass is 10.3. The lowest BCUT2D eigenvalue weighted by Crippen LogP contribution is -2.02. The van der Waals surface area contributed by atoms with Crippen LogP contribution in [0.4, 0.5) is 0 Å². The summed E-state index contributed by atoms with van der Waals surface area (Å²) in [4.78, 5) is 11.1. The van der Waals surface area contributed by atoms with Crippen molar-refractivity contribution in [2.45, 2.75) is 32.0 Å². The van der Waals surface area contributed by atoms with Crippen molar-refractivity contribution >= 4 is 17.7 Å². The van der Waals surface area contributed by atoms with Gasteiger partial charge in [-0.3, -0.25) is 9.48 Å². The van der Waals surface area contributed by atoms with Crippen LogP contribution in [0.3, 0.4) is 0 Å². The third-order valence-corrected chi connectivity index (χ3v) is 3.45. The van der Waals surface area contributed by atoms with Crippen LogP contribution in [0.5, 0.6) is 0 Å². The zero-order chi connectivity index (χ0) is 14.5. The second-order valence-corrected chi connectivity index (χ2v) is 4.85. The quantitative estimate of drug-likeness (QED) is 0.593. The largest absolute Gasteiger partial charge is 0.468 e. The Kier molecular flexibility index (Phi) is 4.78. The molecule has 0 spiro atoms. The molecule has 2 rings (SSSR count). The molecule has 0 unspecified atom stereocenters. The maximum Gasteiger partial charge on any atom is 0.316 e. The summed E-state index contributed by atoms with van der Waals surface area (Å²) in [6, 6.07) is 1.94. The average Bonchev–Trinajstić information content (AvgIpc) is 3.10. The highest BCUT2D eigenvalue weighted by atomic mass is 32.2. The van der Waals surface area contributed by atoms with Gasteiger partial charge in [-0.15, -0.1) is 10.2 Å². The molecule has 0 amide bonds. The van der Waals surface area contributed by atoms with Crippen molar-refractivity contribution in [3.8, 4) is 11.6 Å². The molecule has 2 aromatic rings. The van der Waals surface area contributed by atoms with E-state index in [1.54, 1.807) is 0 Å². The van der Waals surface area contributed by atoms with Crippen LogP contribution in [-0.4, -0.2) is 38.8 Å². The Morgan fingerprint density at radius 2 is 2.25 bits per heavy atom. The van der Waals surface area contributed by atoms with Gasteiger partial charge in [0, 0.05) is 6.54 Å². The van der Waals surface area contributed by atoms with Crippen LogP contribution < -0.4 is 0 Å². The van der Waals surface area contributed by atoms with Gasteiger partial charge in [-0.2, -0.15) is 5.10 Å². The number of aryl methyl sites for hydroxylation is 2. The maximum atomic E-state index is 11.1. The van der Waals surface area contributed by atoms with Crippen LogP contribution in [0, 0.1) is 0 Å². The molecule has 0 aliphatic carbocycles. The van der Waals surface area contributed by atoms with Gasteiger partial charge in [-0.25, -0.2) is 0 Å². The average molecular weight is 296 g/mol. The van der Waals surface area contributed by atoms with Gasteiger partial charge >= 0.3 is 5.97 Å². The van der Waals surface area contributed by atoms with Crippen molar-refractivity contribution in [1.29, 1.82) is 0 Å². The molecule has 7 nitrogen and oxygen atoms in total. The van der Waals surface area contributed by atoms with E-state index in [2.05, 4.69) is 20.0 Å². The summed E-state index contributed by atoms with van der Waals surface area (Å²) in [5.41, 5.74) is 1.77. The number of hydrogen-bond donors (Lipinski definition) is 0. The molecule has 2 heterocycles. The number of carbonyl (C=O) groups is 1. The molecular weight excluding hydrogens is 280 g/mol. The Morgan fingerprint density at radius 3 is 2.90 bits per heavy atom. The van der Waals surface area contributed by atoms with Crippen LogP contribution in [0.1, 0.15) is 19.5 Å². The minimum absolute atomic E-state index is 0.144. The maximum absolute atomic E-state index is 11.1. The molecule has 0 aliphatic rings. The summed E-state index contributed by atoms with van der Waals surface area (Å²) in [6.07, 6.45) is 0.845. The van der Waals surface area contributed by atoms with E-state index in [1.807, 2.05) is 24.6 Å². The highest BCUT2D eigenvalue weighted by Crippen LogP contribution is 2.24. The van der Waals surface area contributed by atoms with E-state index in [4.69, 9.17) is 4.42 Å². The number of esters is 1. The number of aromatic nitrogens is 4. The molecule has 2 aromatic heterocycles. The summed E-state index contributed by atoms with van der Waals surface area (Å²) in [5.74, 6) is 0.221. The molecule has 20 heavy (non-hydrogen) atoms. The number of thioether (sulfide) groups is 1. The fraction of sp³-hybridized carbons (Fsp3) is 0.500. The smallest absolute Gasteiger partial charge is 0.316 e. The zero-order valence-electron chi connectivity index (χ0n) is 11.6. The highest BCUT2D eigenvalue weighted by molar-refractivity contribution is 7.99. The Labute approximate surface area is 120 Å². The lowest BCUT2D eigenvalue weighted by Gasteiger charge is -1.98. The molecule has 0 atom stereocenters. The van der Waals surface area contributed by atoms with E-state index in [9.17, 15) is 4.79 Å². The molecule has 0 aliphatic heterocycles. The van der Waals surface area contributed by atoms with Crippen molar-refractivity contribution in [2.75, 3.05) is 12.9 Å². The van der Waals surface area contributed by atoms with Gasteiger partial charge in [-0.1, -0.05) is 18.7 Å². The second-order valence-electron chi connectivity index (χ2n) is 3.93. The first-order valence-corrected chi connectivity index (χ1v) is 7.26. The third-order valence-electron chi connectivity index (χ3n) is 2.66. The number of ether oxygens (including phenoxy) is 1. The van der Waals surface area contributed by atoms with Gasteiger partial charge in [0.25, 0.3) is 11.1 Å². The van der Waals surface area contributed by atoms with E-state index in [0.29, 0.717) is 11.1 Å². The fourth-order valence-electron chi connectivity index (χ4n) is 1.61. The van der Waals surface area contributed by atoms with Crippen molar-refractivity contribution in [1.82, 2.24) is 20.0 Å². The predicted molar refractivity (Wildman–Crippen MR) is 73.3 cm³/mol. The minimum atomic E-state index is -0.332. The Morgan fingerprint density at radius 1 is 1.45 bits per heavy atom. The first-order valence-electron chi connectivity index (χ1n) is 6.28. The van der Waals surface area contributed by atoms with Gasteiger partial charge in [0.1, 0.15) is 11.4 Å². The summed E-state index contributed by atoms with van der Waals surface area (Å²) in [7, 11) is 1.34. The molecule has 0 aromatic carbocycles. The summed E-state index contributed by atoms with van der Waals surface area (Å²) in [5, 5.41) is 12.7. The van der Waals surface area contributed by atoms with Crippen LogP contribution in [0.2, 0.25) is 0 Å². The minimum Gasteiger partial charge on any atom is -0.468 e. The first-order chi connectivity index (χ1) is 9.67. The zero-order valence-corrected chi connectivity index (χ0v) is 12.4. The molecule has 0 fully saturated rings. The van der Waals surface area contributed by atoms with Crippen molar-refractivity contribution in [3.63, 3.8) is 0 Å². The van der Waals surface area contributed by atoms with Gasteiger partial charge in [0.15, 0.2) is 0 Å². The van der Waals surface area contributed by atoms with Crippen molar-refractivity contribution in [2.24, 2.45) is 0 Å². The number of methoxy groups -OCH3 is 1. The number of rotatable bonds is 6. The van der Waals surface area contributed by atoms with Crippen LogP contribution in [0.25, 0.3) is 11.6 Å². The highest BCUT2D eigenvalue weighted by Gasteiger charge is 2.16. The number of nitrogens with zero attached hydrogens (tertiary/aromatic N) is 4. The Hall–Kier alpha value is -1.83. The van der Waals surface area contributed by atoms with E-state index in [1.165, 1.54) is 7.11 Å². The molecule has 8 heteroatoms. The van der Waals surface area contributed by atoms with Gasteiger partial charge in [0.2, 0.25) is 0 Å². The Bertz CT molecular complexity index is 593. The summed E-state index contributed by atoms with van der Waals surface area (Å²) >= 11 is 1.15. The standard InChI is InChI=1S/C12H16N4O3S/c1-4-8-6-9(16(5-2)15-8)11-13-14-12(19-11)20-7-10(17)18-3/h6H,4-5,7H2,1-3H3. The van der Waals surface area contributed by atoms with E-state index in [-0.39, 0.29) is 11.7 Å². The molecule has 0 saturated carbocycles. The second kappa shape index (κ2) is 6.56. The summed E-state index contributed by atoms with van der Waals surface area (Å²) < 4.78 is 11.9.